The lowest BCUT2D eigenvalue weighted by Gasteiger charge is -2.33. The zero-order chi connectivity index (χ0) is 20.1. The zero-order valence-corrected chi connectivity index (χ0v) is 16.6. The molecule has 7 nitrogen and oxygen atoms in total. The third kappa shape index (κ3) is 4.70. The maximum absolute atomic E-state index is 13.0. The molecule has 7 heteroatoms. The molecule has 2 fully saturated rings. The smallest absolute Gasteiger partial charge is 0.328 e. The number of carbonyl (C=O) groups is 3. The van der Waals surface area contributed by atoms with Crippen LogP contribution in [0.5, 0.6) is 0 Å². The number of nitrogens with one attached hydrogen (secondary N) is 2. The van der Waals surface area contributed by atoms with Crippen molar-refractivity contribution in [2.24, 2.45) is 5.92 Å². The average Bonchev–Trinajstić information content (AvgIpc) is 2.72. The maximum Gasteiger partial charge on any atom is 0.328 e. The van der Waals surface area contributed by atoms with Crippen molar-refractivity contribution in [1.82, 2.24) is 10.2 Å². The van der Waals surface area contributed by atoms with E-state index >= 15 is 0 Å². The van der Waals surface area contributed by atoms with Gasteiger partial charge in [0, 0.05) is 29.8 Å². The molecule has 2 heterocycles. The van der Waals surface area contributed by atoms with Crippen LogP contribution in [0, 0.1) is 5.92 Å². The third-order valence-electron chi connectivity index (χ3n) is 5.61. The van der Waals surface area contributed by atoms with Crippen LogP contribution in [0.25, 0.3) is 0 Å². The number of hydrogen-bond donors (Lipinski definition) is 2. The summed E-state index contributed by atoms with van der Waals surface area (Å²) in [5.41, 5.74) is 1.07. The van der Waals surface area contributed by atoms with Crippen LogP contribution < -0.4 is 10.6 Å². The summed E-state index contributed by atoms with van der Waals surface area (Å²) >= 11 is 0. The van der Waals surface area contributed by atoms with E-state index in [-0.39, 0.29) is 23.7 Å². The second kappa shape index (κ2) is 9.19. The Hall–Kier alpha value is -2.41. The molecule has 0 bridgehead atoms. The first kappa shape index (κ1) is 20.3. The quantitative estimate of drug-likeness (QED) is 0.773. The van der Waals surface area contributed by atoms with Crippen LogP contribution in [-0.2, 0) is 14.3 Å². The average molecular weight is 387 g/mol. The summed E-state index contributed by atoms with van der Waals surface area (Å²) in [6, 6.07) is 6.73. The second-order valence-electron chi connectivity index (χ2n) is 7.68. The summed E-state index contributed by atoms with van der Waals surface area (Å²) in [5.74, 6) is -0.621. The molecule has 3 rings (SSSR count). The Morgan fingerprint density at radius 2 is 2.04 bits per heavy atom. The van der Waals surface area contributed by atoms with Crippen LogP contribution in [0.1, 0.15) is 49.4 Å². The van der Waals surface area contributed by atoms with E-state index in [0.29, 0.717) is 30.3 Å². The highest BCUT2D eigenvalue weighted by Crippen LogP contribution is 2.23. The number of piperidine rings is 2. The topological polar surface area (TPSA) is 87.7 Å². The summed E-state index contributed by atoms with van der Waals surface area (Å²) < 4.78 is 4.86. The molecule has 0 aliphatic carbocycles. The van der Waals surface area contributed by atoms with Crippen LogP contribution in [0.3, 0.4) is 0 Å². The Bertz CT molecular complexity index is 736. The molecule has 1 unspecified atom stereocenters. The van der Waals surface area contributed by atoms with Gasteiger partial charge in [-0.15, -0.1) is 0 Å². The molecule has 28 heavy (non-hydrogen) atoms. The van der Waals surface area contributed by atoms with E-state index in [1.807, 2.05) is 0 Å². The molecule has 2 saturated heterocycles. The van der Waals surface area contributed by atoms with E-state index in [2.05, 4.69) is 17.6 Å². The summed E-state index contributed by atoms with van der Waals surface area (Å²) in [6.07, 6.45) is 3.99. The Kier molecular flexibility index (Phi) is 6.67. The Morgan fingerprint density at radius 3 is 2.79 bits per heavy atom. The summed E-state index contributed by atoms with van der Waals surface area (Å²) in [7, 11) is 1.34. The fourth-order valence-corrected chi connectivity index (χ4v) is 4.07. The van der Waals surface area contributed by atoms with Crippen molar-refractivity contribution in [1.29, 1.82) is 0 Å². The minimum atomic E-state index is -0.541. The van der Waals surface area contributed by atoms with Gasteiger partial charge in [-0.1, -0.05) is 6.07 Å². The molecule has 3 atom stereocenters. The van der Waals surface area contributed by atoms with E-state index in [4.69, 9.17) is 4.74 Å². The van der Waals surface area contributed by atoms with E-state index in [9.17, 15) is 14.4 Å². The van der Waals surface area contributed by atoms with Gasteiger partial charge in [0.1, 0.15) is 6.04 Å². The van der Waals surface area contributed by atoms with Gasteiger partial charge in [0.25, 0.3) is 5.91 Å². The Morgan fingerprint density at radius 1 is 1.21 bits per heavy atom. The molecule has 2 aliphatic rings. The fourth-order valence-electron chi connectivity index (χ4n) is 4.07. The monoisotopic (exact) mass is 387 g/mol. The number of rotatable bonds is 4. The van der Waals surface area contributed by atoms with Gasteiger partial charge in [0.15, 0.2) is 0 Å². The molecular formula is C21H29N3O4. The predicted octanol–water partition coefficient (Wildman–Crippen LogP) is 2.18. The number of carbonyl (C=O) groups excluding carboxylic acids is 3. The van der Waals surface area contributed by atoms with Gasteiger partial charge < -0.3 is 20.3 Å². The molecule has 1 aromatic rings. The highest BCUT2D eigenvalue weighted by Gasteiger charge is 2.33. The molecular weight excluding hydrogens is 358 g/mol. The lowest BCUT2D eigenvalue weighted by atomic mass is 9.92. The van der Waals surface area contributed by atoms with Gasteiger partial charge in [-0.05, 0) is 63.8 Å². The molecule has 0 spiro atoms. The van der Waals surface area contributed by atoms with E-state index in [1.165, 1.54) is 7.11 Å². The second-order valence-corrected chi connectivity index (χ2v) is 7.68. The minimum absolute atomic E-state index is 0.0108. The van der Waals surface area contributed by atoms with Crippen molar-refractivity contribution in [3.05, 3.63) is 29.8 Å². The van der Waals surface area contributed by atoms with Crippen LogP contribution in [0.2, 0.25) is 0 Å². The zero-order valence-electron chi connectivity index (χ0n) is 16.6. The first-order valence-corrected chi connectivity index (χ1v) is 10.0. The minimum Gasteiger partial charge on any atom is -0.467 e. The van der Waals surface area contributed by atoms with Crippen LogP contribution >= 0.6 is 0 Å². The lowest BCUT2D eigenvalue weighted by Crippen LogP contribution is -2.48. The van der Waals surface area contributed by atoms with E-state index < -0.39 is 6.04 Å². The number of esters is 1. The Balaban J connectivity index is 1.70. The van der Waals surface area contributed by atoms with Crippen molar-refractivity contribution in [3.8, 4) is 0 Å². The Labute approximate surface area is 165 Å². The molecule has 2 amide bonds. The highest BCUT2D eigenvalue weighted by atomic mass is 16.5. The number of hydrogen-bond acceptors (Lipinski definition) is 5. The first-order chi connectivity index (χ1) is 13.5. The number of methoxy groups -OCH3 is 1. The van der Waals surface area contributed by atoms with Crippen LogP contribution in [0.15, 0.2) is 24.3 Å². The normalized spacial score (nSPS) is 25.1. The largest absolute Gasteiger partial charge is 0.467 e. The maximum atomic E-state index is 13.0. The van der Waals surface area contributed by atoms with Crippen molar-refractivity contribution in [2.45, 2.75) is 51.1 Å². The van der Waals surface area contributed by atoms with Gasteiger partial charge >= 0.3 is 5.97 Å². The molecule has 152 valence electrons. The first-order valence-electron chi connectivity index (χ1n) is 10.0. The molecule has 0 aromatic heterocycles. The van der Waals surface area contributed by atoms with Crippen molar-refractivity contribution >= 4 is 23.5 Å². The van der Waals surface area contributed by atoms with E-state index in [0.717, 1.165) is 32.2 Å². The number of benzene rings is 1. The number of amides is 2. The van der Waals surface area contributed by atoms with Gasteiger partial charge in [-0.3, -0.25) is 9.59 Å². The SMILES string of the molecule is COC(=O)C1CCCCN1C(=O)c1cccc(NC(=O)[C@H]2CCN[C@@H](C)C2)c1. The summed E-state index contributed by atoms with van der Waals surface area (Å²) in [6.45, 7) is 3.44. The third-order valence-corrected chi connectivity index (χ3v) is 5.61. The number of ether oxygens (including phenoxy) is 1. The summed E-state index contributed by atoms with van der Waals surface area (Å²) in [4.78, 5) is 39.2. The summed E-state index contributed by atoms with van der Waals surface area (Å²) in [5, 5.41) is 6.29. The van der Waals surface area contributed by atoms with Crippen LogP contribution in [-0.4, -0.2) is 55.0 Å². The van der Waals surface area contributed by atoms with Crippen molar-refractivity contribution < 1.29 is 19.1 Å². The molecule has 2 aliphatic heterocycles. The van der Waals surface area contributed by atoms with Crippen LogP contribution in [0.4, 0.5) is 5.69 Å². The van der Waals surface area contributed by atoms with Crippen molar-refractivity contribution in [2.75, 3.05) is 25.5 Å². The van der Waals surface area contributed by atoms with E-state index in [1.54, 1.807) is 29.2 Å². The molecule has 1 aromatic carbocycles. The lowest BCUT2D eigenvalue weighted by molar-refractivity contribution is -0.147. The standard InChI is InChI=1S/C21H29N3O4/c1-14-12-15(9-10-22-14)19(25)23-17-7-5-6-16(13-17)20(26)24-11-4-3-8-18(24)21(27)28-2/h5-7,13-15,18,22H,3-4,8-12H2,1-2H3,(H,23,25)/t14-,15-,18?/m0/s1. The molecule has 0 radical (unpaired) electrons. The highest BCUT2D eigenvalue weighted by molar-refractivity contribution is 5.99. The number of nitrogens with zero attached hydrogens (tertiary/aromatic N) is 1. The molecule has 2 N–H and O–H groups in total. The van der Waals surface area contributed by atoms with Gasteiger partial charge in [-0.25, -0.2) is 4.79 Å². The number of anilines is 1. The predicted molar refractivity (Wildman–Crippen MR) is 106 cm³/mol. The van der Waals surface area contributed by atoms with Gasteiger partial charge in [-0.2, -0.15) is 0 Å². The van der Waals surface area contributed by atoms with Gasteiger partial charge in [0.2, 0.25) is 5.91 Å². The number of likely N-dealkylation sites (tertiary alicyclic amines) is 1. The fraction of sp³-hybridized carbons (Fsp3) is 0.571. The molecule has 0 saturated carbocycles. The van der Waals surface area contributed by atoms with Gasteiger partial charge in [0.05, 0.1) is 7.11 Å². The van der Waals surface area contributed by atoms with Crippen molar-refractivity contribution in [3.63, 3.8) is 0 Å².